The molecule has 2 N–H and O–H groups in total. The fraction of sp³-hybridized carbons (Fsp3) is 0.412. The number of nitrogens with zero attached hydrogens (tertiary/aromatic N) is 1. The minimum Gasteiger partial charge on any atom is -0.362 e. The Morgan fingerprint density at radius 1 is 1.23 bits per heavy atom. The number of aromatic nitrogens is 1. The molecule has 2 aliphatic heterocycles. The zero-order chi connectivity index (χ0) is 18.5. The first-order valence-electron chi connectivity index (χ1n) is 8.34. The summed E-state index contributed by atoms with van der Waals surface area (Å²) in [6, 6.07) is 6.15. The van der Waals surface area contributed by atoms with E-state index in [9.17, 15) is 18.0 Å². The van der Waals surface area contributed by atoms with Crippen molar-refractivity contribution in [3.05, 3.63) is 40.2 Å². The van der Waals surface area contributed by atoms with Crippen molar-refractivity contribution in [2.24, 2.45) is 0 Å². The molecule has 0 saturated carbocycles. The Kier molecular flexibility index (Phi) is 3.90. The molecule has 0 aliphatic carbocycles. The molecule has 1 atom stereocenters. The van der Waals surface area contributed by atoms with E-state index in [0.29, 0.717) is 30.4 Å². The van der Waals surface area contributed by atoms with Crippen LogP contribution in [0.4, 0.5) is 0 Å². The highest BCUT2D eigenvalue weighted by molar-refractivity contribution is 7.89. The van der Waals surface area contributed by atoms with E-state index in [2.05, 4.69) is 10.3 Å². The van der Waals surface area contributed by atoms with Crippen LogP contribution in [0.15, 0.2) is 34.0 Å². The molecule has 2 saturated heterocycles. The van der Waals surface area contributed by atoms with Gasteiger partial charge < -0.3 is 15.0 Å². The van der Waals surface area contributed by atoms with Gasteiger partial charge in [-0.2, -0.15) is 4.31 Å². The second kappa shape index (κ2) is 5.90. The summed E-state index contributed by atoms with van der Waals surface area (Å²) in [6.45, 7) is 2.59. The molecule has 0 bridgehead atoms. The van der Waals surface area contributed by atoms with Gasteiger partial charge in [0.2, 0.25) is 21.5 Å². The number of hydrogen-bond acceptors (Lipinski definition) is 5. The zero-order valence-corrected chi connectivity index (χ0v) is 15.1. The Morgan fingerprint density at radius 2 is 2.04 bits per heavy atom. The molecule has 9 heteroatoms. The van der Waals surface area contributed by atoms with Crippen LogP contribution in [0.5, 0.6) is 0 Å². The summed E-state index contributed by atoms with van der Waals surface area (Å²) in [6.07, 6.45) is 0.534. The van der Waals surface area contributed by atoms with Gasteiger partial charge in [0.25, 0.3) is 0 Å². The summed E-state index contributed by atoms with van der Waals surface area (Å²) < 4.78 is 33.2. The van der Waals surface area contributed by atoms with E-state index in [1.165, 1.54) is 16.4 Å². The van der Waals surface area contributed by atoms with E-state index in [-0.39, 0.29) is 29.5 Å². The number of rotatable bonds is 2. The van der Waals surface area contributed by atoms with Gasteiger partial charge in [-0.25, -0.2) is 8.42 Å². The lowest BCUT2D eigenvalue weighted by atomic mass is 10.0. The molecule has 1 unspecified atom stereocenters. The van der Waals surface area contributed by atoms with E-state index in [0.717, 1.165) is 5.56 Å². The number of sulfonamides is 1. The van der Waals surface area contributed by atoms with Crippen LogP contribution in [0.25, 0.3) is 10.9 Å². The highest BCUT2D eigenvalue weighted by atomic mass is 32.2. The standard InChI is InChI=1S/C17H19N3O5S/c1-11-6-15(21)19-14-3-2-12(7-13(11)14)26(23,24)20-5-4-17(10-20)9-18-16(22)8-25-17/h2-3,6-7H,4-5,8-10H2,1H3,(H,18,22)(H,19,21). The van der Waals surface area contributed by atoms with Crippen molar-refractivity contribution in [2.75, 3.05) is 26.2 Å². The van der Waals surface area contributed by atoms with E-state index in [1.54, 1.807) is 19.1 Å². The van der Waals surface area contributed by atoms with Gasteiger partial charge in [0.15, 0.2) is 0 Å². The Labute approximate surface area is 150 Å². The maximum Gasteiger partial charge on any atom is 0.248 e. The number of aromatic amines is 1. The van der Waals surface area contributed by atoms with Crippen LogP contribution < -0.4 is 10.9 Å². The van der Waals surface area contributed by atoms with Gasteiger partial charge in [-0.1, -0.05) is 0 Å². The second-order valence-electron chi connectivity index (χ2n) is 6.86. The number of morpholine rings is 1. The monoisotopic (exact) mass is 377 g/mol. The van der Waals surface area contributed by atoms with Crippen molar-refractivity contribution in [3.63, 3.8) is 0 Å². The highest BCUT2D eigenvalue weighted by Crippen LogP contribution is 2.31. The largest absolute Gasteiger partial charge is 0.362 e. The van der Waals surface area contributed by atoms with Crippen molar-refractivity contribution in [2.45, 2.75) is 23.8 Å². The van der Waals surface area contributed by atoms with Crippen molar-refractivity contribution < 1.29 is 17.9 Å². The van der Waals surface area contributed by atoms with E-state index >= 15 is 0 Å². The molecule has 1 aromatic carbocycles. The summed E-state index contributed by atoms with van der Waals surface area (Å²) in [7, 11) is -3.70. The first-order valence-corrected chi connectivity index (χ1v) is 9.78. The fourth-order valence-electron chi connectivity index (χ4n) is 3.57. The van der Waals surface area contributed by atoms with Crippen LogP contribution in [0.2, 0.25) is 0 Å². The summed E-state index contributed by atoms with van der Waals surface area (Å²) in [5.41, 5.74) is 0.449. The maximum atomic E-state index is 13.1. The number of aryl methyl sites for hydroxylation is 1. The molecule has 26 heavy (non-hydrogen) atoms. The number of hydrogen-bond donors (Lipinski definition) is 2. The van der Waals surface area contributed by atoms with Gasteiger partial charge in [0, 0.05) is 36.6 Å². The molecule has 2 aliphatic rings. The molecular formula is C17H19N3O5S. The molecule has 0 radical (unpaired) electrons. The Bertz CT molecular complexity index is 1050. The lowest BCUT2D eigenvalue weighted by Crippen LogP contribution is -2.54. The number of fused-ring (bicyclic) bond motifs is 1. The zero-order valence-electron chi connectivity index (χ0n) is 14.2. The average molecular weight is 377 g/mol. The number of carbonyl (C=O) groups is 1. The number of H-pyrrole nitrogens is 1. The van der Waals surface area contributed by atoms with Gasteiger partial charge in [0.05, 0.1) is 4.90 Å². The normalized spacial score (nSPS) is 24.3. The van der Waals surface area contributed by atoms with Crippen molar-refractivity contribution >= 4 is 26.8 Å². The predicted octanol–water partition coefficient (Wildman–Crippen LogP) is 0.116. The van der Waals surface area contributed by atoms with Crippen LogP contribution in [0.3, 0.4) is 0 Å². The molecule has 138 valence electrons. The number of pyridine rings is 1. The van der Waals surface area contributed by atoms with E-state index in [4.69, 9.17) is 4.74 Å². The Morgan fingerprint density at radius 3 is 2.77 bits per heavy atom. The van der Waals surface area contributed by atoms with Gasteiger partial charge in [-0.15, -0.1) is 0 Å². The number of carbonyl (C=O) groups excluding carboxylic acids is 1. The molecule has 2 aromatic rings. The smallest absolute Gasteiger partial charge is 0.248 e. The van der Waals surface area contributed by atoms with Gasteiger partial charge in [-0.05, 0) is 37.1 Å². The van der Waals surface area contributed by atoms with Gasteiger partial charge in [0.1, 0.15) is 12.2 Å². The van der Waals surface area contributed by atoms with Crippen molar-refractivity contribution in [1.29, 1.82) is 0 Å². The lowest BCUT2D eigenvalue weighted by Gasteiger charge is -2.33. The summed E-state index contributed by atoms with van der Waals surface area (Å²) >= 11 is 0. The minimum absolute atomic E-state index is 0.0452. The van der Waals surface area contributed by atoms with E-state index < -0.39 is 15.6 Å². The summed E-state index contributed by atoms with van der Waals surface area (Å²) in [5.74, 6) is -0.184. The molecule has 2 fully saturated rings. The maximum absolute atomic E-state index is 13.1. The molecule has 4 rings (SSSR count). The Balaban J connectivity index is 1.66. The first kappa shape index (κ1) is 17.2. The number of nitrogens with one attached hydrogen (secondary N) is 2. The summed E-state index contributed by atoms with van der Waals surface area (Å²) in [5, 5.41) is 3.44. The fourth-order valence-corrected chi connectivity index (χ4v) is 5.11. The number of ether oxygens (including phenoxy) is 1. The number of benzene rings is 1. The molecule has 1 amide bonds. The van der Waals surface area contributed by atoms with Crippen LogP contribution >= 0.6 is 0 Å². The molecular weight excluding hydrogens is 358 g/mol. The van der Waals surface area contributed by atoms with Crippen LogP contribution in [0.1, 0.15) is 12.0 Å². The van der Waals surface area contributed by atoms with Crippen molar-refractivity contribution in [3.8, 4) is 0 Å². The first-order chi connectivity index (χ1) is 12.3. The third-order valence-electron chi connectivity index (χ3n) is 5.06. The Hall–Kier alpha value is -2.23. The third-order valence-corrected chi connectivity index (χ3v) is 6.90. The van der Waals surface area contributed by atoms with Gasteiger partial charge >= 0.3 is 0 Å². The third kappa shape index (κ3) is 2.81. The average Bonchev–Trinajstić information content (AvgIpc) is 3.02. The number of amides is 1. The predicted molar refractivity (Wildman–Crippen MR) is 94.4 cm³/mol. The SMILES string of the molecule is Cc1cc(=O)[nH]c2ccc(S(=O)(=O)N3CCC4(CNC(=O)CO4)C3)cc12. The lowest BCUT2D eigenvalue weighted by molar-refractivity contribution is -0.141. The van der Waals surface area contributed by atoms with Crippen LogP contribution in [-0.4, -0.2) is 55.5 Å². The quantitative estimate of drug-likeness (QED) is 0.773. The highest BCUT2D eigenvalue weighted by Gasteiger charge is 2.46. The van der Waals surface area contributed by atoms with Gasteiger partial charge in [-0.3, -0.25) is 9.59 Å². The molecule has 3 heterocycles. The topological polar surface area (TPSA) is 109 Å². The second-order valence-corrected chi connectivity index (χ2v) is 8.80. The molecule has 1 aromatic heterocycles. The van der Waals surface area contributed by atoms with Crippen LogP contribution in [-0.2, 0) is 19.6 Å². The van der Waals surface area contributed by atoms with Crippen LogP contribution in [0, 0.1) is 6.92 Å². The molecule has 8 nitrogen and oxygen atoms in total. The van der Waals surface area contributed by atoms with E-state index in [1.807, 2.05) is 0 Å². The minimum atomic E-state index is -3.70. The molecule has 1 spiro atoms. The van der Waals surface area contributed by atoms with Crippen molar-refractivity contribution in [1.82, 2.24) is 14.6 Å². The summed E-state index contributed by atoms with van der Waals surface area (Å²) in [4.78, 5) is 25.7.